The first-order valence-corrected chi connectivity index (χ1v) is 13.8. The van der Waals surface area contributed by atoms with E-state index in [1.54, 1.807) is 24.3 Å². The zero-order valence-corrected chi connectivity index (χ0v) is 24.4. The molecule has 1 heterocycles. The summed E-state index contributed by atoms with van der Waals surface area (Å²) in [5, 5.41) is 3.77. The van der Waals surface area contributed by atoms with Crippen molar-refractivity contribution in [3.05, 3.63) is 130 Å². The Morgan fingerprint density at radius 1 is 0.833 bits per heavy atom. The second kappa shape index (κ2) is 12.9. The van der Waals surface area contributed by atoms with Gasteiger partial charge < -0.3 is 14.0 Å². The Balaban J connectivity index is 1.42. The Kier molecular flexibility index (Phi) is 8.91. The minimum absolute atomic E-state index is 0.376. The van der Waals surface area contributed by atoms with Crippen molar-refractivity contribution in [2.45, 2.75) is 13.0 Å². The summed E-state index contributed by atoms with van der Waals surface area (Å²) >= 11 is 12.7. The lowest BCUT2D eigenvalue weighted by atomic mass is 10.0. The normalized spacial score (nSPS) is 10.8. The molecule has 0 saturated carbocycles. The van der Waals surface area contributed by atoms with E-state index in [0.717, 1.165) is 39.3 Å². The highest BCUT2D eigenvalue weighted by atomic mass is 35.5. The Morgan fingerprint density at radius 2 is 1.57 bits per heavy atom. The Hall–Kier alpha value is -4.59. The molecule has 5 rings (SSSR count). The first-order chi connectivity index (χ1) is 20.3. The van der Waals surface area contributed by atoms with Crippen molar-refractivity contribution in [2.75, 3.05) is 19.5 Å². The van der Waals surface area contributed by atoms with Crippen LogP contribution in [0.1, 0.15) is 27.3 Å². The highest BCUT2D eigenvalue weighted by molar-refractivity contribution is 6.36. The van der Waals surface area contributed by atoms with Crippen molar-refractivity contribution in [3.8, 4) is 22.4 Å². The standard InChI is InChI=1S/C33H27Cl2N3O4/c1-41-32(39)24-12-8-22(9-13-24)19-38-20-30(28-15-14-26(34)18-29(28)35)37-31(38)16-21-6-10-23(11-7-21)25-4-3-5-27(17-25)36-33(40)42-2/h3-15,17-18,20H,16,19H2,1-2H3,(H,36,40). The predicted octanol–water partition coefficient (Wildman–Crippen LogP) is 8.13. The van der Waals surface area contributed by atoms with Crippen LogP contribution in [0.25, 0.3) is 22.4 Å². The monoisotopic (exact) mass is 599 g/mol. The van der Waals surface area contributed by atoms with E-state index in [0.29, 0.717) is 34.3 Å². The largest absolute Gasteiger partial charge is 0.465 e. The number of nitrogens with zero attached hydrogens (tertiary/aromatic N) is 2. The first-order valence-electron chi connectivity index (χ1n) is 13.1. The predicted molar refractivity (Wildman–Crippen MR) is 165 cm³/mol. The smallest absolute Gasteiger partial charge is 0.411 e. The molecule has 4 aromatic carbocycles. The number of aromatic nitrogens is 2. The van der Waals surface area contributed by atoms with Crippen LogP contribution in [-0.2, 0) is 22.4 Å². The lowest BCUT2D eigenvalue weighted by molar-refractivity contribution is 0.0600. The van der Waals surface area contributed by atoms with Crippen molar-refractivity contribution >= 4 is 41.0 Å². The van der Waals surface area contributed by atoms with E-state index in [2.05, 4.69) is 22.0 Å². The number of carbonyl (C=O) groups is 2. The van der Waals surface area contributed by atoms with E-state index < -0.39 is 6.09 Å². The van der Waals surface area contributed by atoms with E-state index in [1.165, 1.54) is 14.2 Å². The van der Waals surface area contributed by atoms with Gasteiger partial charge in [-0.1, -0.05) is 71.7 Å². The number of anilines is 1. The molecule has 7 nitrogen and oxygen atoms in total. The van der Waals surface area contributed by atoms with E-state index in [9.17, 15) is 9.59 Å². The average Bonchev–Trinajstić information content (AvgIpc) is 3.38. The van der Waals surface area contributed by atoms with E-state index in [4.69, 9.17) is 37.7 Å². The number of benzene rings is 4. The van der Waals surface area contributed by atoms with Crippen LogP contribution in [0.5, 0.6) is 0 Å². The number of hydrogen-bond acceptors (Lipinski definition) is 5. The molecule has 0 saturated heterocycles. The molecule has 1 amide bonds. The van der Waals surface area contributed by atoms with Gasteiger partial charge in [0.25, 0.3) is 0 Å². The quantitative estimate of drug-likeness (QED) is 0.182. The molecule has 9 heteroatoms. The molecular formula is C33H27Cl2N3O4. The average molecular weight is 601 g/mol. The van der Waals surface area contributed by atoms with Crippen LogP contribution >= 0.6 is 23.2 Å². The molecule has 0 fully saturated rings. The zero-order chi connectivity index (χ0) is 29.6. The third-order valence-electron chi connectivity index (χ3n) is 6.74. The van der Waals surface area contributed by atoms with Gasteiger partial charge in [-0.25, -0.2) is 14.6 Å². The highest BCUT2D eigenvalue weighted by Gasteiger charge is 2.15. The van der Waals surface area contributed by atoms with Gasteiger partial charge in [0, 0.05) is 35.4 Å². The van der Waals surface area contributed by atoms with Gasteiger partial charge >= 0.3 is 12.1 Å². The third kappa shape index (κ3) is 6.82. The van der Waals surface area contributed by atoms with Gasteiger partial charge in [0.05, 0.1) is 30.5 Å². The molecule has 0 unspecified atom stereocenters. The minimum Gasteiger partial charge on any atom is -0.465 e. The Labute approximate surface area is 253 Å². The van der Waals surface area contributed by atoms with E-state index >= 15 is 0 Å². The van der Waals surface area contributed by atoms with Gasteiger partial charge in [-0.2, -0.15) is 0 Å². The maximum atomic E-state index is 11.9. The van der Waals surface area contributed by atoms with Gasteiger partial charge in [-0.15, -0.1) is 0 Å². The summed E-state index contributed by atoms with van der Waals surface area (Å²) in [6.45, 7) is 0.549. The summed E-state index contributed by atoms with van der Waals surface area (Å²) in [5.41, 5.74) is 6.73. The number of amides is 1. The van der Waals surface area contributed by atoms with Gasteiger partial charge in [-0.3, -0.25) is 5.32 Å². The number of ether oxygens (including phenoxy) is 2. The number of nitrogens with one attached hydrogen (secondary N) is 1. The maximum absolute atomic E-state index is 11.9. The molecule has 0 bridgehead atoms. The van der Waals surface area contributed by atoms with E-state index in [1.807, 2.05) is 60.8 Å². The molecule has 212 valence electrons. The Morgan fingerprint density at radius 3 is 2.26 bits per heavy atom. The molecule has 0 radical (unpaired) electrons. The fraction of sp³-hybridized carbons (Fsp3) is 0.121. The lowest BCUT2D eigenvalue weighted by Gasteiger charge is -2.10. The number of imidazole rings is 1. The maximum Gasteiger partial charge on any atom is 0.411 e. The molecular weight excluding hydrogens is 573 g/mol. The molecule has 0 spiro atoms. The number of esters is 1. The molecule has 1 N–H and O–H groups in total. The number of hydrogen-bond donors (Lipinski definition) is 1. The van der Waals surface area contributed by atoms with Crippen molar-refractivity contribution in [1.82, 2.24) is 9.55 Å². The summed E-state index contributed by atoms with van der Waals surface area (Å²) in [6, 6.07) is 28.5. The number of carbonyl (C=O) groups excluding carboxylic acids is 2. The van der Waals surface area contributed by atoms with Crippen LogP contribution in [0.15, 0.2) is 97.2 Å². The first kappa shape index (κ1) is 28.9. The second-order valence-electron chi connectivity index (χ2n) is 9.55. The van der Waals surface area contributed by atoms with Crippen LogP contribution in [0.2, 0.25) is 10.0 Å². The highest BCUT2D eigenvalue weighted by Crippen LogP contribution is 2.31. The Bertz CT molecular complexity index is 1730. The fourth-order valence-electron chi connectivity index (χ4n) is 4.56. The molecule has 0 aliphatic rings. The summed E-state index contributed by atoms with van der Waals surface area (Å²) in [6.07, 6.45) is 2.04. The minimum atomic E-state index is -0.517. The van der Waals surface area contributed by atoms with Crippen LogP contribution < -0.4 is 5.32 Å². The lowest BCUT2D eigenvalue weighted by Crippen LogP contribution is -2.10. The van der Waals surface area contributed by atoms with Gasteiger partial charge in [-0.05, 0) is 64.7 Å². The van der Waals surface area contributed by atoms with Crippen LogP contribution in [0.4, 0.5) is 10.5 Å². The number of rotatable bonds is 8. The van der Waals surface area contributed by atoms with Crippen molar-refractivity contribution in [1.29, 1.82) is 0 Å². The summed E-state index contributed by atoms with van der Waals surface area (Å²) in [5.74, 6) is 0.476. The number of halogens is 2. The molecule has 5 aromatic rings. The summed E-state index contributed by atoms with van der Waals surface area (Å²) in [4.78, 5) is 28.4. The van der Waals surface area contributed by atoms with Gasteiger partial charge in [0.15, 0.2) is 0 Å². The van der Waals surface area contributed by atoms with Crippen molar-refractivity contribution in [2.24, 2.45) is 0 Å². The third-order valence-corrected chi connectivity index (χ3v) is 7.29. The summed E-state index contributed by atoms with van der Waals surface area (Å²) < 4.78 is 11.6. The molecule has 0 aliphatic carbocycles. The topological polar surface area (TPSA) is 82.5 Å². The molecule has 0 atom stereocenters. The van der Waals surface area contributed by atoms with Crippen molar-refractivity contribution in [3.63, 3.8) is 0 Å². The van der Waals surface area contributed by atoms with Gasteiger partial charge in [0.2, 0.25) is 0 Å². The SMILES string of the molecule is COC(=O)Nc1cccc(-c2ccc(Cc3nc(-c4ccc(Cl)cc4Cl)cn3Cc3ccc(C(=O)OC)cc3)cc2)c1. The summed E-state index contributed by atoms with van der Waals surface area (Å²) in [7, 11) is 2.69. The molecule has 42 heavy (non-hydrogen) atoms. The number of methoxy groups -OCH3 is 2. The van der Waals surface area contributed by atoms with E-state index in [-0.39, 0.29) is 5.97 Å². The second-order valence-corrected chi connectivity index (χ2v) is 10.4. The van der Waals surface area contributed by atoms with Crippen LogP contribution in [-0.4, -0.2) is 35.8 Å². The van der Waals surface area contributed by atoms with Crippen molar-refractivity contribution < 1.29 is 19.1 Å². The van der Waals surface area contributed by atoms with Crippen LogP contribution in [0.3, 0.4) is 0 Å². The van der Waals surface area contributed by atoms with Crippen LogP contribution in [0, 0.1) is 0 Å². The zero-order valence-electron chi connectivity index (χ0n) is 22.9. The molecule has 1 aromatic heterocycles. The van der Waals surface area contributed by atoms with Gasteiger partial charge in [0.1, 0.15) is 5.82 Å². The fourth-order valence-corrected chi connectivity index (χ4v) is 5.07. The molecule has 0 aliphatic heterocycles.